The summed E-state index contributed by atoms with van der Waals surface area (Å²) in [6, 6.07) is 0. The van der Waals surface area contributed by atoms with Crippen LogP contribution in [-0.2, 0) is 14.6 Å². The predicted molar refractivity (Wildman–Crippen MR) is 47.9 cm³/mol. The minimum atomic E-state index is -2.99. The summed E-state index contributed by atoms with van der Waals surface area (Å²) in [5, 5.41) is 0. The van der Waals surface area contributed by atoms with Gasteiger partial charge in [0.25, 0.3) is 0 Å². The Balaban J connectivity index is 3.73. The van der Waals surface area contributed by atoms with Crippen molar-refractivity contribution in [3.63, 3.8) is 0 Å². The van der Waals surface area contributed by atoms with Crippen LogP contribution < -0.4 is 0 Å². The maximum atomic E-state index is 11.0. The number of rotatable bonds is 5. The Morgan fingerprint density at radius 1 is 1.33 bits per heavy atom. The zero-order valence-electron chi connectivity index (χ0n) is 7.70. The number of Topliss-reactive ketones (excluding diaryl/α,β-unsaturated/α-hetero) is 1. The van der Waals surface area contributed by atoms with Crippen LogP contribution in [0.1, 0.15) is 6.42 Å². The maximum Gasteiger partial charge on any atom is 0.147 e. The number of hydrogen-bond acceptors (Lipinski definition) is 4. The van der Waals surface area contributed by atoms with Gasteiger partial charge in [-0.25, -0.2) is 8.42 Å². The van der Waals surface area contributed by atoms with Gasteiger partial charge in [-0.1, -0.05) is 0 Å². The van der Waals surface area contributed by atoms with Crippen LogP contribution in [-0.4, -0.2) is 51.7 Å². The van der Waals surface area contributed by atoms with Gasteiger partial charge in [0.2, 0.25) is 0 Å². The van der Waals surface area contributed by atoms with E-state index in [0.717, 1.165) is 6.26 Å². The molecule has 0 aromatic rings. The Bertz CT molecular complexity index is 243. The van der Waals surface area contributed by atoms with Crippen LogP contribution >= 0.6 is 0 Å². The molecule has 0 N–H and O–H groups in total. The molecule has 0 atom stereocenters. The van der Waals surface area contributed by atoms with Crippen molar-refractivity contribution in [3.05, 3.63) is 0 Å². The number of carbonyl (C=O) groups is 1. The summed E-state index contributed by atoms with van der Waals surface area (Å²) in [6.45, 7) is 0.315. The lowest BCUT2D eigenvalue weighted by Crippen LogP contribution is -2.23. The lowest BCUT2D eigenvalue weighted by atomic mass is 10.3. The molecule has 5 heteroatoms. The molecule has 72 valence electrons. The number of sulfone groups is 1. The quantitative estimate of drug-likeness (QED) is 0.593. The normalized spacial score (nSPS) is 12.0. The summed E-state index contributed by atoms with van der Waals surface area (Å²) in [7, 11) is 0.558. The second-order valence-electron chi connectivity index (χ2n) is 3.16. The van der Waals surface area contributed by atoms with Gasteiger partial charge in [0.05, 0.1) is 12.3 Å². The van der Waals surface area contributed by atoms with Gasteiger partial charge in [-0.3, -0.25) is 4.79 Å². The first-order valence-electron chi connectivity index (χ1n) is 3.65. The van der Waals surface area contributed by atoms with Gasteiger partial charge in [0.15, 0.2) is 0 Å². The summed E-state index contributed by atoms with van der Waals surface area (Å²) in [5.74, 6) is -0.0786. The van der Waals surface area contributed by atoms with Gasteiger partial charge < -0.3 is 4.90 Å². The number of hydrogen-bond donors (Lipinski definition) is 0. The molecule has 0 spiro atoms. The molecule has 0 saturated carbocycles. The van der Waals surface area contributed by atoms with Crippen molar-refractivity contribution in [1.29, 1.82) is 0 Å². The molecule has 12 heavy (non-hydrogen) atoms. The molecule has 0 aromatic carbocycles. The van der Waals surface area contributed by atoms with Crippen LogP contribution in [0.4, 0.5) is 0 Å². The maximum absolute atomic E-state index is 11.0. The molecule has 0 unspecified atom stereocenters. The lowest BCUT2D eigenvalue weighted by molar-refractivity contribution is -0.119. The molecule has 0 bridgehead atoms. The van der Waals surface area contributed by atoms with Crippen LogP contribution in [0.3, 0.4) is 0 Å². The zero-order chi connectivity index (χ0) is 9.78. The topological polar surface area (TPSA) is 54.5 Å². The fourth-order valence-electron chi connectivity index (χ4n) is 0.731. The van der Waals surface area contributed by atoms with Crippen LogP contribution in [0.5, 0.6) is 0 Å². The van der Waals surface area contributed by atoms with Crippen molar-refractivity contribution < 1.29 is 13.2 Å². The van der Waals surface area contributed by atoms with Crippen molar-refractivity contribution in [1.82, 2.24) is 4.90 Å². The largest absolute Gasteiger partial charge is 0.302 e. The molecular weight excluding hydrogens is 178 g/mol. The number of nitrogens with zero attached hydrogens (tertiary/aromatic N) is 1. The van der Waals surface area contributed by atoms with Gasteiger partial charge >= 0.3 is 0 Å². The van der Waals surface area contributed by atoms with E-state index in [4.69, 9.17) is 0 Å². The molecule has 0 amide bonds. The van der Waals surface area contributed by atoms with E-state index in [1.54, 1.807) is 19.0 Å². The summed E-state index contributed by atoms with van der Waals surface area (Å²) in [6.07, 6.45) is 1.26. The Morgan fingerprint density at radius 2 is 1.83 bits per heavy atom. The van der Waals surface area contributed by atoms with Crippen LogP contribution in [0, 0.1) is 0 Å². The molecule has 0 saturated heterocycles. The van der Waals surface area contributed by atoms with Crippen molar-refractivity contribution in [2.45, 2.75) is 6.42 Å². The van der Waals surface area contributed by atoms with Gasteiger partial charge in [-0.2, -0.15) is 0 Å². The molecule has 0 fully saturated rings. The molecule has 0 aliphatic heterocycles. The average Bonchev–Trinajstić information content (AvgIpc) is 1.80. The van der Waals surface area contributed by atoms with Gasteiger partial charge in [-0.05, 0) is 14.1 Å². The minimum Gasteiger partial charge on any atom is -0.302 e. The first kappa shape index (κ1) is 11.6. The molecule has 0 aliphatic rings. The third-order valence-electron chi connectivity index (χ3n) is 1.24. The number of carbonyl (C=O) groups excluding carboxylic acids is 1. The van der Waals surface area contributed by atoms with E-state index in [9.17, 15) is 13.2 Å². The smallest absolute Gasteiger partial charge is 0.147 e. The Labute approximate surface area is 73.5 Å². The highest BCUT2D eigenvalue weighted by molar-refractivity contribution is 7.90. The molecule has 4 nitrogen and oxygen atoms in total. The summed E-state index contributed by atoms with van der Waals surface area (Å²) in [4.78, 5) is 12.7. The monoisotopic (exact) mass is 193 g/mol. The van der Waals surface area contributed by atoms with Gasteiger partial charge in [0, 0.05) is 12.7 Å². The SMILES string of the molecule is CN(C)CC(=O)CCS(C)(=O)=O. The zero-order valence-corrected chi connectivity index (χ0v) is 8.52. The average molecular weight is 193 g/mol. The summed E-state index contributed by atoms with van der Waals surface area (Å²) < 4.78 is 21.3. The van der Waals surface area contributed by atoms with Crippen molar-refractivity contribution in [2.75, 3.05) is 32.6 Å². The summed E-state index contributed by atoms with van der Waals surface area (Å²) >= 11 is 0. The highest BCUT2D eigenvalue weighted by Gasteiger charge is 2.08. The third-order valence-corrected chi connectivity index (χ3v) is 2.19. The third kappa shape index (κ3) is 7.68. The second kappa shape index (κ2) is 4.57. The van der Waals surface area contributed by atoms with E-state index in [-0.39, 0.29) is 18.0 Å². The van der Waals surface area contributed by atoms with Crippen molar-refractivity contribution >= 4 is 15.6 Å². The first-order valence-corrected chi connectivity index (χ1v) is 5.71. The van der Waals surface area contributed by atoms with E-state index in [1.807, 2.05) is 0 Å². The molecular formula is C7H15NO3S. The minimum absolute atomic E-state index is 0.0366. The van der Waals surface area contributed by atoms with E-state index < -0.39 is 9.84 Å². The Kier molecular flexibility index (Phi) is 4.41. The fourth-order valence-corrected chi connectivity index (χ4v) is 1.33. The van der Waals surface area contributed by atoms with Gasteiger partial charge in [-0.15, -0.1) is 0 Å². The highest BCUT2D eigenvalue weighted by Crippen LogP contribution is 1.91. The van der Waals surface area contributed by atoms with Crippen LogP contribution in [0.2, 0.25) is 0 Å². The lowest BCUT2D eigenvalue weighted by Gasteiger charge is -2.07. The molecule has 0 rings (SSSR count). The number of ketones is 1. The first-order chi connectivity index (χ1) is 5.31. The van der Waals surface area contributed by atoms with E-state index in [0.29, 0.717) is 6.54 Å². The van der Waals surface area contributed by atoms with Gasteiger partial charge in [0.1, 0.15) is 15.6 Å². The highest BCUT2D eigenvalue weighted by atomic mass is 32.2. The molecule has 0 aromatic heterocycles. The van der Waals surface area contributed by atoms with E-state index >= 15 is 0 Å². The molecule has 0 heterocycles. The van der Waals surface area contributed by atoms with Crippen LogP contribution in [0.25, 0.3) is 0 Å². The standard InChI is InChI=1S/C7H15NO3S/c1-8(2)6-7(9)4-5-12(3,10)11/h4-6H2,1-3H3. The Morgan fingerprint density at radius 3 is 2.17 bits per heavy atom. The van der Waals surface area contributed by atoms with Crippen molar-refractivity contribution in [3.8, 4) is 0 Å². The van der Waals surface area contributed by atoms with E-state index in [1.165, 1.54) is 0 Å². The molecule has 0 radical (unpaired) electrons. The second-order valence-corrected chi connectivity index (χ2v) is 5.42. The Hall–Kier alpha value is -0.420. The molecule has 0 aliphatic carbocycles. The van der Waals surface area contributed by atoms with Crippen molar-refractivity contribution in [2.24, 2.45) is 0 Å². The number of likely N-dealkylation sites (N-methyl/N-ethyl adjacent to an activating group) is 1. The summed E-state index contributed by atoms with van der Waals surface area (Å²) in [5.41, 5.74) is 0. The van der Waals surface area contributed by atoms with Crippen LogP contribution in [0.15, 0.2) is 0 Å². The predicted octanol–water partition coefficient (Wildman–Crippen LogP) is -0.448. The van der Waals surface area contributed by atoms with E-state index in [2.05, 4.69) is 0 Å². The fraction of sp³-hybridized carbons (Fsp3) is 0.857.